The van der Waals surface area contributed by atoms with Crippen LogP contribution in [0.25, 0.3) is 0 Å². The van der Waals surface area contributed by atoms with Gasteiger partial charge in [-0.25, -0.2) is 9.55 Å². The number of nitrogens with one attached hydrogen (secondary N) is 1. The SMILES string of the molecule is CCCCCCCCCCCCCCCCCCCCCC[n+]1cc[nH]c1C(C)O. The molecule has 0 radical (unpaired) electrons. The Balaban J connectivity index is 1.73. The first-order valence-corrected chi connectivity index (χ1v) is 13.5. The molecule has 0 aliphatic rings. The zero-order valence-corrected chi connectivity index (χ0v) is 20.5. The lowest BCUT2D eigenvalue weighted by atomic mass is 10.0. The number of rotatable bonds is 22. The van der Waals surface area contributed by atoms with Gasteiger partial charge in [-0.3, -0.25) is 0 Å². The maximum Gasteiger partial charge on any atom is 0.283 e. The van der Waals surface area contributed by atoms with E-state index in [1.54, 1.807) is 0 Å². The maximum absolute atomic E-state index is 9.71. The van der Waals surface area contributed by atoms with Crippen LogP contribution in [0.5, 0.6) is 0 Å². The normalized spacial score (nSPS) is 12.5. The molecule has 1 aromatic rings. The third-order valence-electron chi connectivity index (χ3n) is 6.44. The Hall–Kier alpha value is -0.830. The standard InChI is InChI=1S/C27H52N2O/c1-3-4-5-6-7-8-9-10-11-12-13-14-15-16-17-18-19-20-21-22-24-29-25-23-28-27(29)26(2)30/h23,25-26,30H,3-22,24H2,1-2H3/p+1. The summed E-state index contributed by atoms with van der Waals surface area (Å²) in [6.45, 7) is 5.13. The number of hydrogen-bond donors (Lipinski definition) is 2. The second kappa shape index (κ2) is 20.1. The van der Waals surface area contributed by atoms with Crippen LogP contribution in [0, 0.1) is 0 Å². The minimum atomic E-state index is -0.412. The highest BCUT2D eigenvalue weighted by molar-refractivity contribution is 4.80. The smallest absolute Gasteiger partial charge is 0.283 e. The fourth-order valence-corrected chi connectivity index (χ4v) is 4.47. The number of unbranched alkanes of at least 4 members (excludes halogenated alkanes) is 19. The summed E-state index contributed by atoms with van der Waals surface area (Å²) in [5.41, 5.74) is 0. The lowest BCUT2D eigenvalue weighted by Gasteiger charge is -2.04. The lowest BCUT2D eigenvalue weighted by molar-refractivity contribution is -0.706. The van der Waals surface area contributed by atoms with E-state index in [0.29, 0.717) is 0 Å². The molecule has 1 atom stereocenters. The molecule has 0 aliphatic carbocycles. The molecule has 30 heavy (non-hydrogen) atoms. The molecule has 0 aliphatic heterocycles. The topological polar surface area (TPSA) is 39.9 Å². The van der Waals surface area contributed by atoms with Gasteiger partial charge < -0.3 is 5.11 Å². The Kier molecular flexibility index (Phi) is 18.2. The van der Waals surface area contributed by atoms with Gasteiger partial charge in [0.05, 0.1) is 6.54 Å². The molecule has 1 unspecified atom stereocenters. The number of aliphatic hydroxyl groups excluding tert-OH is 1. The summed E-state index contributed by atoms with van der Waals surface area (Å²) in [5.74, 6) is 0.924. The fourth-order valence-electron chi connectivity index (χ4n) is 4.47. The van der Waals surface area contributed by atoms with Crippen molar-refractivity contribution in [2.24, 2.45) is 0 Å². The predicted octanol–water partition coefficient (Wildman–Crippen LogP) is 8.18. The van der Waals surface area contributed by atoms with Crippen molar-refractivity contribution in [1.29, 1.82) is 0 Å². The Labute approximate surface area is 188 Å². The van der Waals surface area contributed by atoms with Gasteiger partial charge in [0, 0.05) is 0 Å². The molecule has 3 nitrogen and oxygen atoms in total. The van der Waals surface area contributed by atoms with Gasteiger partial charge in [-0.2, -0.15) is 0 Å². The van der Waals surface area contributed by atoms with Gasteiger partial charge >= 0.3 is 0 Å². The number of aromatic nitrogens is 2. The number of H-pyrrole nitrogens is 1. The van der Waals surface area contributed by atoms with Crippen LogP contribution in [-0.2, 0) is 6.54 Å². The Morgan fingerprint density at radius 1 is 0.667 bits per heavy atom. The summed E-state index contributed by atoms with van der Waals surface area (Å²) < 4.78 is 2.15. The summed E-state index contributed by atoms with van der Waals surface area (Å²) >= 11 is 0. The van der Waals surface area contributed by atoms with Gasteiger partial charge in [-0.15, -0.1) is 0 Å². The molecule has 0 bridgehead atoms. The van der Waals surface area contributed by atoms with Crippen molar-refractivity contribution in [1.82, 2.24) is 4.98 Å². The van der Waals surface area contributed by atoms with E-state index in [9.17, 15) is 5.11 Å². The average Bonchev–Trinajstić information content (AvgIpc) is 3.21. The summed E-state index contributed by atoms with van der Waals surface area (Å²) in [5, 5.41) is 9.71. The van der Waals surface area contributed by atoms with E-state index < -0.39 is 6.10 Å². The van der Waals surface area contributed by atoms with Crippen molar-refractivity contribution < 1.29 is 9.67 Å². The molecule has 0 amide bonds. The highest BCUT2D eigenvalue weighted by Crippen LogP contribution is 2.15. The molecule has 3 heteroatoms. The molecule has 0 aromatic carbocycles. The minimum Gasteiger partial charge on any atom is -0.381 e. The summed E-state index contributed by atoms with van der Waals surface area (Å²) in [4.78, 5) is 3.13. The van der Waals surface area contributed by atoms with E-state index in [0.717, 1.165) is 12.4 Å². The van der Waals surface area contributed by atoms with Crippen molar-refractivity contribution in [2.45, 2.75) is 155 Å². The summed E-state index contributed by atoms with van der Waals surface area (Å²) in [7, 11) is 0. The Bertz CT molecular complexity index is 469. The van der Waals surface area contributed by atoms with E-state index in [1.165, 1.54) is 128 Å². The minimum absolute atomic E-state index is 0.412. The molecule has 1 rings (SSSR count). The van der Waals surface area contributed by atoms with Gasteiger partial charge in [-0.1, -0.05) is 122 Å². The third kappa shape index (κ3) is 15.0. The molecule has 0 saturated carbocycles. The summed E-state index contributed by atoms with van der Waals surface area (Å²) in [6.07, 6.45) is 32.0. The van der Waals surface area contributed by atoms with Gasteiger partial charge in [0.15, 0.2) is 6.10 Å². The molecular formula is C27H53N2O+. The maximum atomic E-state index is 9.71. The van der Waals surface area contributed by atoms with E-state index in [-0.39, 0.29) is 0 Å². The first-order chi connectivity index (χ1) is 14.8. The second-order valence-corrected chi connectivity index (χ2v) is 9.43. The molecule has 0 fully saturated rings. The summed E-state index contributed by atoms with van der Waals surface area (Å²) in [6, 6.07) is 0. The molecule has 0 saturated heterocycles. The van der Waals surface area contributed by atoms with E-state index >= 15 is 0 Å². The van der Waals surface area contributed by atoms with Crippen LogP contribution in [0.15, 0.2) is 12.4 Å². The quantitative estimate of drug-likeness (QED) is 0.144. The number of imidazole rings is 1. The van der Waals surface area contributed by atoms with Gasteiger partial charge in [0.1, 0.15) is 12.4 Å². The van der Waals surface area contributed by atoms with Crippen LogP contribution in [0.4, 0.5) is 0 Å². The largest absolute Gasteiger partial charge is 0.381 e. The number of aryl methyl sites for hydroxylation is 1. The molecule has 1 aromatic heterocycles. The number of nitrogens with zero attached hydrogens (tertiary/aromatic N) is 1. The highest BCUT2D eigenvalue weighted by Gasteiger charge is 2.15. The highest BCUT2D eigenvalue weighted by atomic mass is 16.3. The zero-order chi connectivity index (χ0) is 21.7. The Morgan fingerprint density at radius 3 is 1.40 bits per heavy atom. The molecule has 2 N–H and O–H groups in total. The lowest BCUT2D eigenvalue weighted by Crippen LogP contribution is -2.37. The molecule has 176 valence electrons. The van der Waals surface area contributed by atoms with Gasteiger partial charge in [0.2, 0.25) is 0 Å². The van der Waals surface area contributed by atoms with Crippen LogP contribution in [0.3, 0.4) is 0 Å². The van der Waals surface area contributed by atoms with Crippen molar-refractivity contribution in [3.63, 3.8) is 0 Å². The van der Waals surface area contributed by atoms with E-state index in [2.05, 4.69) is 16.5 Å². The zero-order valence-electron chi connectivity index (χ0n) is 20.5. The first kappa shape index (κ1) is 27.2. The van der Waals surface area contributed by atoms with Crippen molar-refractivity contribution in [3.8, 4) is 0 Å². The number of hydrogen-bond acceptors (Lipinski definition) is 1. The number of aromatic amines is 1. The van der Waals surface area contributed by atoms with Crippen LogP contribution in [-0.4, -0.2) is 10.1 Å². The molecule has 0 spiro atoms. The average molecular weight is 422 g/mol. The third-order valence-corrected chi connectivity index (χ3v) is 6.44. The monoisotopic (exact) mass is 421 g/mol. The fraction of sp³-hybridized carbons (Fsp3) is 0.889. The van der Waals surface area contributed by atoms with Gasteiger partial charge in [0.25, 0.3) is 5.82 Å². The van der Waals surface area contributed by atoms with Crippen LogP contribution in [0.1, 0.15) is 154 Å². The van der Waals surface area contributed by atoms with E-state index in [4.69, 9.17) is 0 Å². The first-order valence-electron chi connectivity index (χ1n) is 13.5. The molecular weight excluding hydrogens is 368 g/mol. The van der Waals surface area contributed by atoms with Crippen molar-refractivity contribution in [3.05, 3.63) is 18.2 Å². The van der Waals surface area contributed by atoms with Crippen LogP contribution < -0.4 is 4.57 Å². The molecule has 1 heterocycles. The number of aliphatic hydroxyl groups is 1. The van der Waals surface area contributed by atoms with Crippen molar-refractivity contribution >= 4 is 0 Å². The van der Waals surface area contributed by atoms with Crippen LogP contribution in [0.2, 0.25) is 0 Å². The van der Waals surface area contributed by atoms with Crippen molar-refractivity contribution in [2.75, 3.05) is 0 Å². The second-order valence-electron chi connectivity index (χ2n) is 9.43. The predicted molar refractivity (Wildman–Crippen MR) is 130 cm³/mol. The van der Waals surface area contributed by atoms with E-state index in [1.807, 2.05) is 19.3 Å². The Morgan fingerprint density at radius 2 is 1.03 bits per heavy atom. The van der Waals surface area contributed by atoms with Crippen LogP contribution >= 0.6 is 0 Å². The van der Waals surface area contributed by atoms with Gasteiger partial charge in [-0.05, 0) is 19.8 Å².